The summed E-state index contributed by atoms with van der Waals surface area (Å²) in [5.41, 5.74) is 0. The van der Waals surface area contributed by atoms with Gasteiger partial charge in [0.1, 0.15) is 0 Å². The van der Waals surface area contributed by atoms with Gasteiger partial charge in [0, 0.05) is 28.4 Å². The summed E-state index contributed by atoms with van der Waals surface area (Å²) < 4.78 is 116. The molecule has 0 spiro atoms. The van der Waals surface area contributed by atoms with Crippen LogP contribution in [0.3, 0.4) is 0 Å². The van der Waals surface area contributed by atoms with Crippen molar-refractivity contribution >= 4 is 0 Å². The van der Waals surface area contributed by atoms with Crippen LogP contribution in [0.1, 0.15) is 0 Å². The predicted octanol–water partition coefficient (Wildman–Crippen LogP) is 2.35. The van der Waals surface area contributed by atoms with E-state index >= 15 is 0 Å². The fourth-order valence-corrected chi connectivity index (χ4v) is 0.631. The van der Waals surface area contributed by atoms with E-state index in [1.54, 1.807) is 0 Å². The smallest absolute Gasteiger partial charge is 0.361 e. The maximum Gasteiger partial charge on any atom is 0.440 e. The summed E-state index contributed by atoms with van der Waals surface area (Å²) in [5, 5.41) is 15.7. The van der Waals surface area contributed by atoms with Gasteiger partial charge in [-0.25, -0.2) is 0 Å². The third-order valence-corrected chi connectivity index (χ3v) is 1.70. The van der Waals surface area contributed by atoms with Crippen LogP contribution in [-0.4, -0.2) is 76.1 Å². The Hall–Kier alpha value is -0.940. The van der Waals surface area contributed by atoms with E-state index in [1.807, 2.05) is 0 Å². The molecule has 16 heteroatoms. The molecule has 0 aliphatic heterocycles. The Labute approximate surface area is 140 Å². The van der Waals surface area contributed by atoms with Gasteiger partial charge in [0.05, 0.1) is 0 Å². The van der Waals surface area contributed by atoms with Crippen LogP contribution in [0.2, 0.25) is 0 Å². The number of aliphatic hydroxyl groups excluding tert-OH is 2. The van der Waals surface area contributed by atoms with Crippen molar-refractivity contribution < 1.29 is 73.4 Å². The van der Waals surface area contributed by atoms with E-state index in [9.17, 15) is 39.5 Å². The molecule has 0 aromatic rings. The zero-order chi connectivity index (χ0) is 21.1. The molecule has 0 radical (unpaired) electrons. The minimum absolute atomic E-state index is 0. The highest BCUT2D eigenvalue weighted by Crippen LogP contribution is 2.22. The maximum atomic E-state index is 11.5. The number of hydrogen-bond acceptors (Lipinski definition) is 6. The first kappa shape index (κ1) is 32.7. The third kappa shape index (κ3) is 17.9. The number of halogens is 10. The lowest BCUT2D eigenvalue weighted by molar-refractivity contribution is -0.294. The summed E-state index contributed by atoms with van der Waals surface area (Å²) >= 11 is 0. The molecule has 0 bridgehead atoms. The zero-order valence-electron chi connectivity index (χ0n) is 13.6. The topological polar surface area (TPSA) is 77.4 Å². The van der Waals surface area contributed by atoms with Crippen LogP contribution < -0.4 is 0 Å². The number of hydrogen-bond donors (Lipinski definition) is 2. The molecule has 2 N–H and O–H groups in total. The Morgan fingerprint density at radius 3 is 0.769 bits per heavy atom. The second kappa shape index (κ2) is 14.2. The third-order valence-electron chi connectivity index (χ3n) is 1.70. The van der Waals surface area contributed by atoms with E-state index in [0.717, 1.165) is 28.4 Å². The minimum Gasteiger partial charge on any atom is -0.361 e. The number of ether oxygens (including phenoxy) is 4. The largest absolute Gasteiger partial charge is 0.440 e. The molecule has 0 aromatic carbocycles. The molecule has 0 amide bonds. The fraction of sp³-hybridized carbons (Fsp3) is 1.00. The number of rotatable bonds is 4. The lowest BCUT2D eigenvalue weighted by Gasteiger charge is -2.15. The Kier molecular flexibility index (Phi) is 17.8. The van der Waals surface area contributed by atoms with Crippen molar-refractivity contribution in [1.82, 2.24) is 0 Å². The summed E-state index contributed by atoms with van der Waals surface area (Å²) in [6.45, 7) is 0. The van der Waals surface area contributed by atoms with Gasteiger partial charge in [-0.3, -0.25) is 4.70 Å². The van der Waals surface area contributed by atoms with Crippen LogP contribution in [-0.2, 0) is 18.9 Å². The SMILES string of the molecule is COC(O)C(F)(F)F.COC(O)C(F)(F)F.COC(OC)C(F)(F)F.F. The van der Waals surface area contributed by atoms with Gasteiger partial charge in [-0.15, -0.1) is 0 Å². The van der Waals surface area contributed by atoms with Crippen LogP contribution in [0.4, 0.5) is 44.2 Å². The van der Waals surface area contributed by atoms with Crippen molar-refractivity contribution in [2.75, 3.05) is 28.4 Å². The van der Waals surface area contributed by atoms with Crippen LogP contribution in [0.25, 0.3) is 0 Å². The lowest BCUT2D eigenvalue weighted by atomic mass is 10.6. The van der Waals surface area contributed by atoms with E-state index in [0.29, 0.717) is 0 Å². The number of methoxy groups -OCH3 is 4. The molecule has 0 aliphatic carbocycles. The summed E-state index contributed by atoms with van der Waals surface area (Å²) in [7, 11) is 3.42. The summed E-state index contributed by atoms with van der Waals surface area (Å²) in [5.74, 6) is 0. The van der Waals surface area contributed by atoms with Gasteiger partial charge in [-0.05, 0) is 0 Å². The first-order valence-corrected chi connectivity index (χ1v) is 5.66. The fourth-order valence-electron chi connectivity index (χ4n) is 0.631. The molecule has 0 saturated heterocycles. The molecule has 0 saturated carbocycles. The van der Waals surface area contributed by atoms with Gasteiger partial charge >= 0.3 is 18.5 Å². The van der Waals surface area contributed by atoms with Crippen molar-refractivity contribution in [3.63, 3.8) is 0 Å². The van der Waals surface area contributed by atoms with Crippen molar-refractivity contribution in [1.29, 1.82) is 0 Å². The Balaban J connectivity index is -0.000000137. The molecular formula is C10H18F10O6. The molecule has 2 unspecified atom stereocenters. The molecular weight excluding hydrogens is 406 g/mol. The lowest BCUT2D eigenvalue weighted by Crippen LogP contribution is -2.32. The van der Waals surface area contributed by atoms with Gasteiger partial charge in [-0.2, -0.15) is 39.5 Å². The van der Waals surface area contributed by atoms with Crippen molar-refractivity contribution in [2.24, 2.45) is 0 Å². The first-order valence-electron chi connectivity index (χ1n) is 5.66. The Morgan fingerprint density at radius 2 is 0.769 bits per heavy atom. The highest BCUT2D eigenvalue weighted by molar-refractivity contribution is 4.53. The molecule has 0 rings (SSSR count). The second-order valence-corrected chi connectivity index (χ2v) is 3.60. The van der Waals surface area contributed by atoms with Crippen molar-refractivity contribution in [3.05, 3.63) is 0 Å². The normalized spacial score (nSPS) is 14.3. The predicted molar refractivity (Wildman–Crippen MR) is 64.5 cm³/mol. The summed E-state index contributed by atoms with van der Waals surface area (Å²) in [6.07, 6.45) is -21.1. The van der Waals surface area contributed by atoms with Crippen LogP contribution >= 0.6 is 0 Å². The van der Waals surface area contributed by atoms with Gasteiger partial charge in [0.15, 0.2) is 0 Å². The van der Waals surface area contributed by atoms with Crippen molar-refractivity contribution in [2.45, 2.75) is 37.4 Å². The molecule has 0 heterocycles. The van der Waals surface area contributed by atoms with Crippen LogP contribution in [0.5, 0.6) is 0 Å². The molecule has 6 nitrogen and oxygen atoms in total. The molecule has 0 fully saturated rings. The van der Waals surface area contributed by atoms with E-state index in [1.165, 1.54) is 0 Å². The van der Waals surface area contributed by atoms with E-state index in [4.69, 9.17) is 10.2 Å². The molecule has 2 atom stereocenters. The monoisotopic (exact) mass is 424 g/mol. The summed E-state index contributed by atoms with van der Waals surface area (Å²) in [4.78, 5) is 0. The highest BCUT2D eigenvalue weighted by atomic mass is 19.4. The Morgan fingerprint density at radius 1 is 0.538 bits per heavy atom. The van der Waals surface area contributed by atoms with Gasteiger partial charge in [0.2, 0.25) is 0 Å². The average Bonchev–Trinajstić information content (AvgIpc) is 2.44. The van der Waals surface area contributed by atoms with Gasteiger partial charge < -0.3 is 29.2 Å². The molecule has 0 aromatic heterocycles. The molecule has 26 heavy (non-hydrogen) atoms. The number of alkyl halides is 9. The first-order chi connectivity index (χ1) is 11.0. The maximum absolute atomic E-state index is 11.5. The Bertz CT molecular complexity index is 295. The van der Waals surface area contributed by atoms with Crippen LogP contribution in [0.15, 0.2) is 0 Å². The quantitative estimate of drug-likeness (QED) is 0.533. The van der Waals surface area contributed by atoms with E-state index in [2.05, 4.69) is 18.9 Å². The minimum atomic E-state index is -4.66. The van der Waals surface area contributed by atoms with E-state index < -0.39 is 37.4 Å². The van der Waals surface area contributed by atoms with Crippen LogP contribution in [0, 0.1) is 0 Å². The molecule has 0 aliphatic rings. The number of aliphatic hydroxyl groups is 2. The van der Waals surface area contributed by atoms with Gasteiger partial charge in [0.25, 0.3) is 18.9 Å². The second-order valence-electron chi connectivity index (χ2n) is 3.60. The molecule has 164 valence electrons. The standard InChI is InChI=1S/C4H7F3O2.2C3H5F3O2.FH/c1-8-3(9-2)4(5,6)7;2*1-8-2(7)3(4,5)6;/h3H,1-2H3;2*2,7H,1H3;1H. The average molecular weight is 424 g/mol. The van der Waals surface area contributed by atoms with Gasteiger partial charge in [-0.1, -0.05) is 0 Å². The zero-order valence-corrected chi connectivity index (χ0v) is 13.6. The van der Waals surface area contributed by atoms with E-state index in [-0.39, 0.29) is 4.70 Å². The summed E-state index contributed by atoms with van der Waals surface area (Å²) in [6, 6.07) is 0. The van der Waals surface area contributed by atoms with Crippen molar-refractivity contribution in [3.8, 4) is 0 Å². The highest BCUT2D eigenvalue weighted by Gasteiger charge is 2.40.